The van der Waals surface area contributed by atoms with Crippen LogP contribution in [0.2, 0.25) is 0 Å². The summed E-state index contributed by atoms with van der Waals surface area (Å²) in [5.41, 5.74) is 1.17. The minimum absolute atomic E-state index is 0.0896. The normalized spacial score (nSPS) is 9.68. The van der Waals surface area contributed by atoms with Gasteiger partial charge in [-0.2, -0.15) is 5.26 Å². The van der Waals surface area contributed by atoms with Gasteiger partial charge in [-0.05, 0) is 36.4 Å². The van der Waals surface area contributed by atoms with Crippen molar-refractivity contribution in [2.24, 2.45) is 0 Å². The van der Waals surface area contributed by atoms with Crippen LogP contribution in [0.5, 0.6) is 0 Å². The highest BCUT2D eigenvalue weighted by atomic mass is 32.2. The molecule has 1 heterocycles. The Balaban J connectivity index is 2.11. The van der Waals surface area contributed by atoms with Gasteiger partial charge in [0.1, 0.15) is 11.8 Å². The Bertz CT molecular complexity index is 632. The number of nitrogens with one attached hydrogen (secondary N) is 1. The number of benzene rings is 1. The number of rotatable bonds is 3. The van der Waals surface area contributed by atoms with Gasteiger partial charge < -0.3 is 5.32 Å². The molecule has 0 spiro atoms. The van der Waals surface area contributed by atoms with E-state index in [1.54, 1.807) is 24.0 Å². The number of nitrogens with zero attached hydrogens (tertiary/aromatic N) is 2. The van der Waals surface area contributed by atoms with Crippen molar-refractivity contribution in [3.8, 4) is 6.07 Å². The molecule has 0 aliphatic heterocycles. The lowest BCUT2D eigenvalue weighted by Crippen LogP contribution is -2.05. The van der Waals surface area contributed by atoms with E-state index in [9.17, 15) is 4.79 Å². The van der Waals surface area contributed by atoms with Gasteiger partial charge in [0.2, 0.25) is 5.91 Å². The molecule has 0 radical (unpaired) electrons. The average Bonchev–Trinajstić information content (AvgIpc) is 2.41. The summed E-state index contributed by atoms with van der Waals surface area (Å²) in [6.07, 6.45) is 1.62. The Morgan fingerprint density at radius 2 is 2.00 bits per heavy atom. The van der Waals surface area contributed by atoms with Gasteiger partial charge in [0.05, 0.1) is 0 Å². The lowest BCUT2D eigenvalue weighted by Gasteiger charge is -2.04. The zero-order valence-electron chi connectivity index (χ0n) is 10.3. The molecular formula is C14H11N3OS. The number of carbonyl (C=O) groups is 1. The number of hydrogen-bond acceptors (Lipinski definition) is 4. The highest BCUT2D eigenvalue weighted by molar-refractivity contribution is 7.99. The molecule has 0 saturated carbocycles. The van der Waals surface area contributed by atoms with E-state index in [0.717, 1.165) is 15.5 Å². The average molecular weight is 269 g/mol. The molecule has 2 aromatic rings. The molecular weight excluding hydrogens is 258 g/mol. The zero-order chi connectivity index (χ0) is 13.7. The first-order chi connectivity index (χ1) is 9.17. The zero-order valence-corrected chi connectivity index (χ0v) is 11.1. The molecule has 4 nitrogen and oxygen atoms in total. The van der Waals surface area contributed by atoms with E-state index < -0.39 is 0 Å². The van der Waals surface area contributed by atoms with E-state index in [1.165, 1.54) is 6.92 Å². The van der Waals surface area contributed by atoms with E-state index in [0.29, 0.717) is 5.69 Å². The van der Waals surface area contributed by atoms with E-state index in [1.807, 2.05) is 36.4 Å². The predicted molar refractivity (Wildman–Crippen MR) is 73.8 cm³/mol. The predicted octanol–water partition coefficient (Wildman–Crippen LogP) is 3.06. The number of aromatic nitrogens is 1. The molecule has 0 bridgehead atoms. The van der Waals surface area contributed by atoms with E-state index in [2.05, 4.69) is 10.3 Å². The van der Waals surface area contributed by atoms with Crippen molar-refractivity contribution in [3.05, 3.63) is 48.3 Å². The summed E-state index contributed by atoms with van der Waals surface area (Å²) in [5, 5.41) is 11.5. The fourth-order valence-corrected chi connectivity index (χ4v) is 2.33. The largest absolute Gasteiger partial charge is 0.326 e. The third-order valence-electron chi connectivity index (χ3n) is 2.26. The number of hydrogen-bond donors (Lipinski definition) is 1. The molecule has 2 rings (SSSR count). The van der Waals surface area contributed by atoms with E-state index in [-0.39, 0.29) is 5.91 Å². The molecule has 0 fully saturated rings. The second kappa shape index (κ2) is 6.03. The van der Waals surface area contributed by atoms with Crippen molar-refractivity contribution < 1.29 is 4.79 Å². The van der Waals surface area contributed by atoms with Gasteiger partial charge in [-0.3, -0.25) is 4.79 Å². The Labute approximate surface area is 115 Å². The quantitative estimate of drug-likeness (QED) is 0.930. The lowest BCUT2D eigenvalue weighted by molar-refractivity contribution is -0.114. The molecule has 0 unspecified atom stereocenters. The van der Waals surface area contributed by atoms with Crippen molar-refractivity contribution in [1.82, 2.24) is 4.98 Å². The van der Waals surface area contributed by atoms with Gasteiger partial charge in [0, 0.05) is 28.6 Å². The monoisotopic (exact) mass is 269 g/mol. The molecule has 0 saturated heterocycles. The molecule has 1 amide bonds. The maximum absolute atomic E-state index is 10.9. The molecule has 5 heteroatoms. The standard InChI is InChI=1S/C14H11N3OS/c1-10(18)17-11-2-4-13(5-3-11)19-14-6-7-16-12(8-14)9-15/h2-8H,1H3,(H,17,18). The molecule has 0 atom stereocenters. The summed E-state index contributed by atoms with van der Waals surface area (Å²) in [7, 11) is 0. The van der Waals surface area contributed by atoms with Gasteiger partial charge in [0.15, 0.2) is 0 Å². The van der Waals surface area contributed by atoms with Crippen LogP contribution in [0.4, 0.5) is 5.69 Å². The highest BCUT2D eigenvalue weighted by Crippen LogP contribution is 2.28. The fourth-order valence-electron chi connectivity index (χ4n) is 1.48. The second-order valence-corrected chi connectivity index (χ2v) is 4.94. The van der Waals surface area contributed by atoms with Crippen LogP contribution in [-0.4, -0.2) is 10.9 Å². The van der Waals surface area contributed by atoms with Crippen molar-refractivity contribution in [2.45, 2.75) is 16.7 Å². The smallest absolute Gasteiger partial charge is 0.221 e. The lowest BCUT2D eigenvalue weighted by atomic mass is 10.3. The minimum Gasteiger partial charge on any atom is -0.326 e. The van der Waals surface area contributed by atoms with Crippen LogP contribution in [0.1, 0.15) is 12.6 Å². The number of amides is 1. The first-order valence-corrected chi connectivity index (χ1v) is 6.41. The van der Waals surface area contributed by atoms with Gasteiger partial charge in [0.25, 0.3) is 0 Å². The Morgan fingerprint density at radius 3 is 2.63 bits per heavy atom. The Morgan fingerprint density at radius 1 is 1.26 bits per heavy atom. The van der Waals surface area contributed by atoms with Crippen LogP contribution >= 0.6 is 11.8 Å². The van der Waals surface area contributed by atoms with Crippen molar-refractivity contribution in [2.75, 3.05) is 5.32 Å². The third kappa shape index (κ3) is 3.83. The summed E-state index contributed by atoms with van der Waals surface area (Å²) < 4.78 is 0. The summed E-state index contributed by atoms with van der Waals surface area (Å²) in [6.45, 7) is 1.48. The summed E-state index contributed by atoms with van der Waals surface area (Å²) in [4.78, 5) is 16.8. The summed E-state index contributed by atoms with van der Waals surface area (Å²) in [5.74, 6) is -0.0896. The van der Waals surface area contributed by atoms with E-state index in [4.69, 9.17) is 5.26 Å². The first-order valence-electron chi connectivity index (χ1n) is 5.59. The molecule has 1 aromatic carbocycles. The maximum atomic E-state index is 10.9. The van der Waals surface area contributed by atoms with Crippen molar-refractivity contribution in [3.63, 3.8) is 0 Å². The third-order valence-corrected chi connectivity index (χ3v) is 3.25. The van der Waals surface area contributed by atoms with E-state index >= 15 is 0 Å². The van der Waals surface area contributed by atoms with Crippen LogP contribution in [0.25, 0.3) is 0 Å². The summed E-state index contributed by atoms with van der Waals surface area (Å²) >= 11 is 1.54. The molecule has 1 N–H and O–H groups in total. The molecule has 1 aromatic heterocycles. The van der Waals surface area contributed by atoms with Gasteiger partial charge in [-0.1, -0.05) is 11.8 Å². The number of pyridine rings is 1. The van der Waals surface area contributed by atoms with Crippen LogP contribution < -0.4 is 5.32 Å². The Kier molecular flexibility index (Phi) is 4.16. The van der Waals surface area contributed by atoms with Gasteiger partial charge in [-0.15, -0.1) is 0 Å². The number of anilines is 1. The van der Waals surface area contributed by atoms with Crippen molar-refractivity contribution >= 4 is 23.4 Å². The molecule has 0 aliphatic rings. The minimum atomic E-state index is -0.0896. The van der Waals surface area contributed by atoms with Gasteiger partial charge in [-0.25, -0.2) is 4.98 Å². The van der Waals surface area contributed by atoms with Crippen molar-refractivity contribution in [1.29, 1.82) is 5.26 Å². The highest BCUT2D eigenvalue weighted by Gasteiger charge is 2.01. The van der Waals surface area contributed by atoms with Crippen LogP contribution in [-0.2, 0) is 4.79 Å². The number of nitriles is 1. The SMILES string of the molecule is CC(=O)Nc1ccc(Sc2ccnc(C#N)c2)cc1. The van der Waals surface area contributed by atoms with Gasteiger partial charge >= 0.3 is 0 Å². The molecule has 94 valence electrons. The summed E-state index contributed by atoms with van der Waals surface area (Å²) in [6, 6.07) is 13.1. The topological polar surface area (TPSA) is 65.8 Å². The molecule has 0 aliphatic carbocycles. The van der Waals surface area contributed by atoms with Crippen LogP contribution in [0.3, 0.4) is 0 Å². The first kappa shape index (κ1) is 13.1. The van der Waals surface area contributed by atoms with Crippen LogP contribution in [0.15, 0.2) is 52.4 Å². The number of carbonyl (C=O) groups excluding carboxylic acids is 1. The van der Waals surface area contributed by atoms with Crippen LogP contribution in [0, 0.1) is 11.3 Å². The Hall–Kier alpha value is -2.32. The fraction of sp³-hybridized carbons (Fsp3) is 0.0714. The second-order valence-electron chi connectivity index (χ2n) is 3.80. The molecule has 19 heavy (non-hydrogen) atoms. The maximum Gasteiger partial charge on any atom is 0.221 e.